The third-order valence-electron chi connectivity index (χ3n) is 3.99. The summed E-state index contributed by atoms with van der Waals surface area (Å²) in [6.07, 6.45) is 0. The highest BCUT2D eigenvalue weighted by atomic mass is 35.5. The summed E-state index contributed by atoms with van der Waals surface area (Å²) in [5.74, 6) is -0.220. The Bertz CT molecular complexity index is 884. The Morgan fingerprint density at radius 3 is 2.04 bits per heavy atom. The Hall–Kier alpha value is -2.53. The van der Waals surface area contributed by atoms with E-state index in [1.165, 1.54) is 0 Å². The number of halogens is 2. The smallest absolute Gasteiger partial charge is 0.247 e. The molecule has 0 aromatic heterocycles. The van der Waals surface area contributed by atoms with Gasteiger partial charge in [0.15, 0.2) is 0 Å². The Morgan fingerprint density at radius 2 is 1.44 bits per heavy atom. The second kappa shape index (κ2) is 8.91. The molecule has 27 heavy (non-hydrogen) atoms. The van der Waals surface area contributed by atoms with Gasteiger partial charge in [0.1, 0.15) is 6.04 Å². The Balaban J connectivity index is 1.84. The number of nitrogens with one attached hydrogen (secondary N) is 2. The van der Waals surface area contributed by atoms with E-state index in [0.717, 1.165) is 11.3 Å². The third kappa shape index (κ3) is 5.23. The fourth-order valence-electron chi connectivity index (χ4n) is 2.69. The molecule has 3 aromatic rings. The molecular formula is C21H19Cl2N3O. The molecule has 0 unspecified atom stereocenters. The number of hydrazine groups is 1. The van der Waals surface area contributed by atoms with E-state index in [-0.39, 0.29) is 5.91 Å². The van der Waals surface area contributed by atoms with E-state index in [0.29, 0.717) is 15.7 Å². The number of carbonyl (C=O) groups is 1. The minimum absolute atomic E-state index is 0.220. The van der Waals surface area contributed by atoms with Crippen molar-refractivity contribution in [2.24, 2.45) is 0 Å². The van der Waals surface area contributed by atoms with Crippen LogP contribution in [0.4, 0.5) is 11.4 Å². The van der Waals surface area contributed by atoms with Crippen molar-refractivity contribution in [3.05, 3.63) is 94.5 Å². The predicted molar refractivity (Wildman–Crippen MR) is 112 cm³/mol. The molecule has 0 radical (unpaired) electrons. The van der Waals surface area contributed by atoms with Gasteiger partial charge in [-0.3, -0.25) is 4.79 Å². The van der Waals surface area contributed by atoms with Crippen LogP contribution in [0.1, 0.15) is 11.6 Å². The quantitative estimate of drug-likeness (QED) is 0.551. The molecule has 0 bridgehead atoms. The normalized spacial score (nSPS) is 11.7. The van der Waals surface area contributed by atoms with E-state index >= 15 is 0 Å². The largest absolute Gasteiger partial charge is 0.324 e. The number of hydrogen-bond donors (Lipinski definition) is 2. The van der Waals surface area contributed by atoms with Gasteiger partial charge in [0, 0.05) is 22.8 Å². The number of para-hydroxylation sites is 1. The highest BCUT2D eigenvalue weighted by Gasteiger charge is 2.22. The first kappa shape index (κ1) is 19.2. The average molecular weight is 400 g/mol. The van der Waals surface area contributed by atoms with Crippen molar-refractivity contribution < 1.29 is 4.79 Å². The van der Waals surface area contributed by atoms with Gasteiger partial charge in [-0.05, 0) is 35.9 Å². The van der Waals surface area contributed by atoms with E-state index < -0.39 is 6.04 Å². The van der Waals surface area contributed by atoms with Gasteiger partial charge in [0.25, 0.3) is 0 Å². The number of benzene rings is 3. The maximum Gasteiger partial charge on any atom is 0.247 e. The molecule has 4 nitrogen and oxygen atoms in total. The van der Waals surface area contributed by atoms with Gasteiger partial charge in [-0.15, -0.1) is 0 Å². The summed E-state index contributed by atoms with van der Waals surface area (Å²) in [5, 5.41) is 5.63. The van der Waals surface area contributed by atoms with Gasteiger partial charge < -0.3 is 10.3 Å². The van der Waals surface area contributed by atoms with Crippen LogP contribution >= 0.6 is 23.2 Å². The van der Waals surface area contributed by atoms with Crippen LogP contribution in [0, 0.1) is 0 Å². The first-order valence-corrected chi connectivity index (χ1v) is 9.15. The average Bonchev–Trinajstić information content (AvgIpc) is 2.66. The highest BCUT2D eigenvalue weighted by molar-refractivity contribution is 6.35. The van der Waals surface area contributed by atoms with E-state index in [9.17, 15) is 4.79 Å². The molecule has 0 saturated carbocycles. The maximum atomic E-state index is 13.0. The lowest BCUT2D eigenvalue weighted by atomic mass is 10.1. The Kier molecular flexibility index (Phi) is 6.35. The molecular weight excluding hydrogens is 381 g/mol. The molecule has 0 aliphatic heterocycles. The summed E-state index contributed by atoms with van der Waals surface area (Å²) in [4.78, 5) is 13.0. The number of nitrogens with zero attached hydrogens (tertiary/aromatic N) is 1. The van der Waals surface area contributed by atoms with Gasteiger partial charge in [-0.25, -0.2) is 5.43 Å². The number of rotatable bonds is 6. The van der Waals surface area contributed by atoms with Crippen molar-refractivity contribution >= 4 is 40.5 Å². The van der Waals surface area contributed by atoms with Gasteiger partial charge in [0.2, 0.25) is 5.91 Å². The molecule has 1 atom stereocenters. The summed E-state index contributed by atoms with van der Waals surface area (Å²) < 4.78 is 0. The Morgan fingerprint density at radius 1 is 0.889 bits per heavy atom. The molecule has 0 aliphatic rings. The zero-order chi connectivity index (χ0) is 19.2. The summed E-state index contributed by atoms with van der Waals surface area (Å²) in [7, 11) is 1.87. The van der Waals surface area contributed by atoms with Gasteiger partial charge in [0.05, 0.1) is 5.69 Å². The second-order valence-corrected chi connectivity index (χ2v) is 6.89. The van der Waals surface area contributed by atoms with Crippen LogP contribution < -0.4 is 15.8 Å². The monoisotopic (exact) mass is 399 g/mol. The molecule has 2 N–H and O–H groups in total. The first-order chi connectivity index (χ1) is 13.0. The molecule has 0 saturated heterocycles. The zero-order valence-corrected chi connectivity index (χ0v) is 16.2. The lowest BCUT2D eigenvalue weighted by Gasteiger charge is -2.27. The van der Waals surface area contributed by atoms with Crippen molar-refractivity contribution in [1.29, 1.82) is 0 Å². The first-order valence-electron chi connectivity index (χ1n) is 8.40. The fourth-order valence-corrected chi connectivity index (χ4v) is 3.22. The number of carbonyl (C=O) groups excluding carboxylic acids is 1. The van der Waals surface area contributed by atoms with Crippen molar-refractivity contribution in [2.45, 2.75) is 6.04 Å². The van der Waals surface area contributed by atoms with Crippen molar-refractivity contribution in [3.63, 3.8) is 0 Å². The molecule has 1 amide bonds. The minimum atomic E-state index is -0.603. The minimum Gasteiger partial charge on any atom is -0.324 e. The van der Waals surface area contributed by atoms with Crippen LogP contribution in [0.25, 0.3) is 0 Å². The van der Waals surface area contributed by atoms with Gasteiger partial charge >= 0.3 is 0 Å². The molecule has 0 aliphatic carbocycles. The van der Waals surface area contributed by atoms with Gasteiger partial charge in [-0.2, -0.15) is 0 Å². The molecule has 138 valence electrons. The van der Waals surface area contributed by atoms with Crippen molar-refractivity contribution in [1.82, 2.24) is 5.43 Å². The number of anilines is 2. The molecule has 0 spiro atoms. The van der Waals surface area contributed by atoms with Crippen LogP contribution in [0.5, 0.6) is 0 Å². The van der Waals surface area contributed by atoms with Crippen molar-refractivity contribution in [3.8, 4) is 0 Å². The molecule has 6 heteroatoms. The van der Waals surface area contributed by atoms with Gasteiger partial charge in [-0.1, -0.05) is 71.7 Å². The molecule has 0 heterocycles. The van der Waals surface area contributed by atoms with E-state index in [2.05, 4.69) is 10.7 Å². The predicted octanol–water partition coefficient (Wildman–Crippen LogP) is 5.31. The SMILES string of the molecule is CN(N[C@H](C(=O)Nc1cc(Cl)cc(Cl)c1)c1ccccc1)c1ccccc1. The summed E-state index contributed by atoms with van der Waals surface area (Å²) in [6.45, 7) is 0. The molecule has 3 rings (SSSR count). The van der Waals surface area contributed by atoms with Crippen molar-refractivity contribution in [2.75, 3.05) is 17.4 Å². The lowest BCUT2D eigenvalue weighted by Crippen LogP contribution is -2.43. The summed E-state index contributed by atoms with van der Waals surface area (Å²) >= 11 is 12.1. The maximum absolute atomic E-state index is 13.0. The summed E-state index contributed by atoms with van der Waals surface area (Å²) in [6, 6.07) is 23.6. The van der Waals surface area contributed by atoms with Crippen LogP contribution in [0.15, 0.2) is 78.9 Å². The lowest BCUT2D eigenvalue weighted by molar-refractivity contribution is -0.118. The van der Waals surface area contributed by atoms with E-state index in [1.807, 2.05) is 72.7 Å². The van der Waals surface area contributed by atoms with E-state index in [1.54, 1.807) is 18.2 Å². The fraction of sp³-hybridized carbons (Fsp3) is 0.0952. The topological polar surface area (TPSA) is 44.4 Å². The second-order valence-electron chi connectivity index (χ2n) is 6.01. The molecule has 3 aromatic carbocycles. The Labute approximate surface area is 168 Å². The zero-order valence-electron chi connectivity index (χ0n) is 14.7. The standard InChI is InChI=1S/C21H19Cl2N3O/c1-26(19-10-6-3-7-11-19)25-20(15-8-4-2-5-9-15)21(27)24-18-13-16(22)12-17(23)14-18/h2-14,20,25H,1H3,(H,24,27)/t20-/m0/s1. The number of amides is 1. The summed E-state index contributed by atoms with van der Waals surface area (Å²) in [5.41, 5.74) is 5.58. The van der Waals surface area contributed by atoms with E-state index in [4.69, 9.17) is 23.2 Å². The third-order valence-corrected chi connectivity index (χ3v) is 4.43. The van der Waals surface area contributed by atoms with Crippen LogP contribution in [0.2, 0.25) is 10.0 Å². The molecule has 0 fully saturated rings. The van der Waals surface area contributed by atoms with Crippen LogP contribution in [-0.4, -0.2) is 13.0 Å². The van der Waals surface area contributed by atoms with Crippen LogP contribution in [0.3, 0.4) is 0 Å². The highest BCUT2D eigenvalue weighted by Crippen LogP contribution is 2.24. The van der Waals surface area contributed by atoms with Crippen LogP contribution in [-0.2, 0) is 4.79 Å². The number of hydrogen-bond acceptors (Lipinski definition) is 3.